The molecule has 0 unspecified atom stereocenters. The number of likely N-dealkylation sites (N-methyl/N-ethyl adjacent to an activating group) is 1. The zero-order chi connectivity index (χ0) is 18.0. The lowest BCUT2D eigenvalue weighted by atomic mass is 10.2. The second-order valence-corrected chi connectivity index (χ2v) is 6.28. The molecule has 2 aromatic rings. The van der Waals surface area contributed by atoms with Crippen LogP contribution in [0.4, 0.5) is 0 Å². The zero-order valence-electron chi connectivity index (χ0n) is 13.9. The lowest BCUT2D eigenvalue weighted by Gasteiger charge is -2.17. The minimum absolute atomic E-state index is 0.0153. The first-order chi connectivity index (χ1) is 12.0. The SMILES string of the molecule is CN(CC(=O)NC1CC1)C(=O)CCn1[nH]c(=O)c2ccccc2c1=O. The Kier molecular flexibility index (Phi) is 4.69. The summed E-state index contributed by atoms with van der Waals surface area (Å²) in [6.07, 6.45) is 1.99. The Hall–Kier alpha value is -2.90. The Bertz CT molecular complexity index is 926. The molecule has 8 nitrogen and oxygen atoms in total. The molecule has 8 heteroatoms. The molecule has 0 radical (unpaired) electrons. The van der Waals surface area contributed by atoms with E-state index in [0.29, 0.717) is 10.8 Å². The predicted octanol–water partition coefficient (Wildman–Crippen LogP) is -0.183. The summed E-state index contributed by atoms with van der Waals surface area (Å²) in [5, 5.41) is 5.94. The van der Waals surface area contributed by atoms with E-state index < -0.39 is 0 Å². The number of carbonyl (C=O) groups is 2. The summed E-state index contributed by atoms with van der Waals surface area (Å²) in [5.74, 6) is -0.457. The van der Waals surface area contributed by atoms with Gasteiger partial charge in [-0.15, -0.1) is 0 Å². The Balaban J connectivity index is 1.64. The van der Waals surface area contributed by atoms with Gasteiger partial charge in [-0.3, -0.25) is 24.3 Å². The van der Waals surface area contributed by atoms with E-state index in [1.165, 1.54) is 4.90 Å². The minimum Gasteiger partial charge on any atom is -0.352 e. The van der Waals surface area contributed by atoms with Gasteiger partial charge >= 0.3 is 0 Å². The van der Waals surface area contributed by atoms with Crippen LogP contribution in [0.1, 0.15) is 19.3 Å². The quantitative estimate of drug-likeness (QED) is 0.758. The molecule has 0 aliphatic heterocycles. The van der Waals surface area contributed by atoms with Crippen molar-refractivity contribution in [1.29, 1.82) is 0 Å². The van der Waals surface area contributed by atoms with E-state index in [4.69, 9.17) is 0 Å². The van der Waals surface area contributed by atoms with E-state index in [1.54, 1.807) is 31.3 Å². The molecule has 1 aromatic carbocycles. The summed E-state index contributed by atoms with van der Waals surface area (Å²) in [6, 6.07) is 6.78. The summed E-state index contributed by atoms with van der Waals surface area (Å²) in [6.45, 7) is 0.0325. The highest BCUT2D eigenvalue weighted by Crippen LogP contribution is 2.18. The maximum atomic E-state index is 12.4. The van der Waals surface area contributed by atoms with Crippen molar-refractivity contribution in [3.8, 4) is 0 Å². The molecule has 25 heavy (non-hydrogen) atoms. The van der Waals surface area contributed by atoms with Gasteiger partial charge in [0.2, 0.25) is 11.8 Å². The number of carbonyl (C=O) groups excluding carboxylic acids is 2. The van der Waals surface area contributed by atoms with Crippen LogP contribution in [-0.4, -0.2) is 46.1 Å². The number of aromatic nitrogens is 2. The summed E-state index contributed by atoms with van der Waals surface area (Å²) in [4.78, 5) is 49.6. The maximum absolute atomic E-state index is 12.4. The molecule has 0 bridgehead atoms. The molecule has 0 saturated heterocycles. The molecule has 132 valence electrons. The molecule has 1 saturated carbocycles. The van der Waals surface area contributed by atoms with Gasteiger partial charge in [-0.2, -0.15) is 0 Å². The van der Waals surface area contributed by atoms with Crippen LogP contribution in [0.25, 0.3) is 10.8 Å². The molecular formula is C17H20N4O4. The topological polar surface area (TPSA) is 104 Å². The first-order valence-corrected chi connectivity index (χ1v) is 8.21. The van der Waals surface area contributed by atoms with Gasteiger partial charge in [0.15, 0.2) is 0 Å². The molecule has 0 atom stereocenters. The Labute approximate surface area is 143 Å². The molecule has 1 aromatic heterocycles. The number of rotatable bonds is 6. The molecule has 1 aliphatic carbocycles. The summed E-state index contributed by atoms with van der Waals surface area (Å²) < 4.78 is 1.14. The van der Waals surface area contributed by atoms with Crippen LogP contribution in [-0.2, 0) is 16.1 Å². The third-order valence-corrected chi connectivity index (χ3v) is 4.18. The highest BCUT2D eigenvalue weighted by molar-refractivity contribution is 5.85. The average molecular weight is 344 g/mol. The van der Waals surface area contributed by atoms with E-state index in [9.17, 15) is 19.2 Å². The largest absolute Gasteiger partial charge is 0.352 e. The van der Waals surface area contributed by atoms with Gasteiger partial charge in [0.25, 0.3) is 11.1 Å². The zero-order valence-corrected chi connectivity index (χ0v) is 13.9. The van der Waals surface area contributed by atoms with Gasteiger partial charge in [-0.1, -0.05) is 12.1 Å². The normalized spacial score (nSPS) is 13.6. The average Bonchev–Trinajstić information content (AvgIpc) is 3.40. The molecule has 2 N–H and O–H groups in total. The number of hydrogen-bond donors (Lipinski definition) is 2. The van der Waals surface area contributed by atoms with Crippen molar-refractivity contribution in [1.82, 2.24) is 20.0 Å². The van der Waals surface area contributed by atoms with Gasteiger partial charge in [-0.05, 0) is 25.0 Å². The lowest BCUT2D eigenvalue weighted by molar-refractivity contribution is -0.135. The monoisotopic (exact) mass is 344 g/mol. The van der Waals surface area contributed by atoms with Crippen LogP contribution in [0.5, 0.6) is 0 Å². The Morgan fingerprint density at radius 1 is 1.24 bits per heavy atom. The summed E-state index contributed by atoms with van der Waals surface area (Å²) in [5.41, 5.74) is -0.725. The standard InChI is InChI=1S/C17H20N4O4/c1-20(10-14(22)18-11-6-7-11)15(23)8-9-21-17(25)13-5-3-2-4-12(13)16(24)19-21/h2-5,11H,6-10H2,1H3,(H,18,22)(H,19,24). The van der Waals surface area contributed by atoms with E-state index in [-0.39, 0.29) is 48.5 Å². The van der Waals surface area contributed by atoms with Crippen LogP contribution in [0.2, 0.25) is 0 Å². The minimum atomic E-state index is -0.375. The van der Waals surface area contributed by atoms with Gasteiger partial charge in [0, 0.05) is 19.5 Å². The second-order valence-electron chi connectivity index (χ2n) is 6.28. The van der Waals surface area contributed by atoms with Gasteiger partial charge < -0.3 is 10.2 Å². The first kappa shape index (κ1) is 16.9. The van der Waals surface area contributed by atoms with E-state index in [2.05, 4.69) is 10.4 Å². The van der Waals surface area contributed by atoms with Crippen molar-refractivity contribution in [3.63, 3.8) is 0 Å². The third-order valence-electron chi connectivity index (χ3n) is 4.18. The van der Waals surface area contributed by atoms with Gasteiger partial charge in [0.1, 0.15) is 0 Å². The summed E-state index contributed by atoms with van der Waals surface area (Å²) >= 11 is 0. The fraction of sp³-hybridized carbons (Fsp3) is 0.412. The van der Waals surface area contributed by atoms with Crippen molar-refractivity contribution in [2.24, 2.45) is 0 Å². The van der Waals surface area contributed by atoms with Gasteiger partial charge in [0.05, 0.1) is 23.9 Å². The lowest BCUT2D eigenvalue weighted by Crippen LogP contribution is -2.40. The number of amides is 2. The van der Waals surface area contributed by atoms with Crippen LogP contribution in [0, 0.1) is 0 Å². The maximum Gasteiger partial charge on any atom is 0.273 e. The molecule has 1 fully saturated rings. The number of nitrogens with zero attached hydrogens (tertiary/aromatic N) is 2. The van der Waals surface area contributed by atoms with E-state index in [0.717, 1.165) is 17.5 Å². The van der Waals surface area contributed by atoms with E-state index in [1.807, 2.05) is 0 Å². The van der Waals surface area contributed by atoms with Crippen LogP contribution >= 0.6 is 0 Å². The number of H-pyrrole nitrogens is 1. The fourth-order valence-electron chi connectivity index (χ4n) is 2.61. The Morgan fingerprint density at radius 2 is 1.92 bits per heavy atom. The van der Waals surface area contributed by atoms with Crippen molar-refractivity contribution in [2.75, 3.05) is 13.6 Å². The fourth-order valence-corrected chi connectivity index (χ4v) is 2.61. The predicted molar refractivity (Wildman–Crippen MR) is 92.2 cm³/mol. The smallest absolute Gasteiger partial charge is 0.273 e. The second kappa shape index (κ2) is 6.92. The molecular weight excluding hydrogens is 324 g/mol. The molecule has 0 spiro atoms. The van der Waals surface area contributed by atoms with Crippen molar-refractivity contribution in [2.45, 2.75) is 31.8 Å². The Morgan fingerprint density at radius 3 is 2.60 bits per heavy atom. The molecule has 1 heterocycles. The number of benzene rings is 1. The van der Waals surface area contributed by atoms with E-state index >= 15 is 0 Å². The van der Waals surface area contributed by atoms with Gasteiger partial charge in [-0.25, -0.2) is 4.68 Å². The molecule has 2 amide bonds. The van der Waals surface area contributed by atoms with Crippen molar-refractivity contribution < 1.29 is 9.59 Å². The molecule has 3 rings (SSSR count). The number of aromatic amines is 1. The third kappa shape index (κ3) is 3.96. The number of fused-ring (bicyclic) bond motifs is 1. The van der Waals surface area contributed by atoms with Crippen molar-refractivity contribution >= 4 is 22.6 Å². The summed E-state index contributed by atoms with van der Waals surface area (Å²) in [7, 11) is 1.54. The van der Waals surface area contributed by atoms with Crippen LogP contribution < -0.4 is 16.4 Å². The highest BCUT2D eigenvalue weighted by atomic mass is 16.2. The van der Waals surface area contributed by atoms with Crippen molar-refractivity contribution in [3.05, 3.63) is 45.0 Å². The van der Waals surface area contributed by atoms with Crippen LogP contribution in [0.15, 0.2) is 33.9 Å². The molecule has 1 aliphatic rings. The highest BCUT2D eigenvalue weighted by Gasteiger charge is 2.24. The number of aryl methyl sites for hydroxylation is 1. The number of hydrogen-bond acceptors (Lipinski definition) is 4. The van der Waals surface area contributed by atoms with Crippen LogP contribution in [0.3, 0.4) is 0 Å². The number of nitrogens with one attached hydrogen (secondary N) is 2. The first-order valence-electron chi connectivity index (χ1n) is 8.21.